The molecule has 1 N–H and O–H groups in total. The Hall–Kier alpha value is -2.66. The summed E-state index contributed by atoms with van der Waals surface area (Å²) in [6.07, 6.45) is 2.24. The lowest BCUT2D eigenvalue weighted by Crippen LogP contribution is -2.34. The fourth-order valence-corrected chi connectivity index (χ4v) is 3.28. The number of carbonyl (C=O) groups is 1. The second-order valence-electron chi connectivity index (χ2n) is 6.33. The highest BCUT2D eigenvalue weighted by atomic mass is 16.5. The van der Waals surface area contributed by atoms with Gasteiger partial charge in [0, 0.05) is 24.1 Å². The second-order valence-corrected chi connectivity index (χ2v) is 6.33. The van der Waals surface area contributed by atoms with Crippen LogP contribution in [0, 0.1) is 0 Å². The van der Waals surface area contributed by atoms with Crippen LogP contribution in [0.1, 0.15) is 12.8 Å². The van der Waals surface area contributed by atoms with E-state index in [1.807, 2.05) is 54.6 Å². The van der Waals surface area contributed by atoms with Crippen molar-refractivity contribution in [2.45, 2.75) is 25.5 Å². The summed E-state index contributed by atoms with van der Waals surface area (Å²) in [5, 5.41) is 8.72. The first-order valence-corrected chi connectivity index (χ1v) is 8.70. The fraction of sp³-hybridized carbons (Fsp3) is 0.300. The van der Waals surface area contributed by atoms with Gasteiger partial charge in [-0.1, -0.05) is 48.5 Å². The summed E-state index contributed by atoms with van der Waals surface area (Å²) in [4.78, 5) is 12.3. The molecule has 1 saturated heterocycles. The maximum absolute atomic E-state index is 12.3. The number of ether oxygens (including phenoxy) is 1. The van der Waals surface area contributed by atoms with Crippen LogP contribution >= 0.6 is 0 Å². The van der Waals surface area contributed by atoms with Crippen molar-refractivity contribution < 1.29 is 9.53 Å². The van der Waals surface area contributed by atoms with Crippen LogP contribution in [0.2, 0.25) is 0 Å². The van der Waals surface area contributed by atoms with Gasteiger partial charge in [0.1, 0.15) is 12.2 Å². The third-order valence-electron chi connectivity index (χ3n) is 4.55. The number of carbonyl (C=O) groups excluding carboxylic acids is 1. The molecule has 0 aliphatic carbocycles. The minimum atomic E-state index is -0.0386. The van der Waals surface area contributed by atoms with Crippen LogP contribution < -0.4 is 5.32 Å². The van der Waals surface area contributed by atoms with Crippen LogP contribution in [0.5, 0.6) is 0 Å². The Balaban J connectivity index is 1.56. The summed E-state index contributed by atoms with van der Waals surface area (Å²) >= 11 is 0. The number of para-hydroxylation sites is 1. The Morgan fingerprint density at radius 2 is 1.96 bits per heavy atom. The molecule has 25 heavy (non-hydrogen) atoms. The number of benzene rings is 2. The molecule has 0 spiro atoms. The Bertz CT molecular complexity index is 867. The lowest BCUT2D eigenvalue weighted by Gasteiger charge is -2.11. The number of aromatic nitrogens is 2. The molecule has 1 amide bonds. The highest BCUT2D eigenvalue weighted by Gasteiger charge is 2.17. The van der Waals surface area contributed by atoms with Gasteiger partial charge in [0.15, 0.2) is 0 Å². The Labute approximate surface area is 146 Å². The van der Waals surface area contributed by atoms with Crippen LogP contribution in [-0.2, 0) is 16.1 Å². The zero-order valence-electron chi connectivity index (χ0n) is 14.0. The molecule has 0 radical (unpaired) electrons. The van der Waals surface area contributed by atoms with Crippen molar-refractivity contribution in [2.24, 2.45) is 0 Å². The third kappa shape index (κ3) is 3.42. The van der Waals surface area contributed by atoms with E-state index in [2.05, 4.69) is 5.32 Å². The van der Waals surface area contributed by atoms with Gasteiger partial charge in [-0.3, -0.25) is 9.48 Å². The lowest BCUT2D eigenvalue weighted by atomic mass is 10.1. The summed E-state index contributed by atoms with van der Waals surface area (Å²) in [6.45, 7) is 1.58. The molecule has 1 aliphatic heterocycles. The Morgan fingerprint density at radius 1 is 1.16 bits per heavy atom. The van der Waals surface area contributed by atoms with Crippen molar-refractivity contribution in [2.75, 3.05) is 13.2 Å². The van der Waals surface area contributed by atoms with E-state index in [9.17, 15) is 4.79 Å². The molecule has 2 aromatic carbocycles. The van der Waals surface area contributed by atoms with E-state index in [0.29, 0.717) is 6.54 Å². The van der Waals surface area contributed by atoms with Crippen molar-refractivity contribution in [1.82, 2.24) is 15.1 Å². The SMILES string of the molecule is O=C(Cn1nc(-c2ccccc2)c2ccccc21)NCC1CCCO1. The van der Waals surface area contributed by atoms with Gasteiger partial charge in [-0.05, 0) is 18.9 Å². The third-order valence-corrected chi connectivity index (χ3v) is 4.55. The minimum absolute atomic E-state index is 0.0386. The van der Waals surface area contributed by atoms with E-state index in [1.165, 1.54) is 0 Å². The quantitative estimate of drug-likeness (QED) is 0.780. The molecule has 0 saturated carbocycles. The molecule has 1 fully saturated rings. The van der Waals surface area contributed by atoms with Crippen molar-refractivity contribution in [1.29, 1.82) is 0 Å². The molecule has 2 heterocycles. The first-order valence-electron chi connectivity index (χ1n) is 8.70. The normalized spacial score (nSPS) is 17.0. The zero-order valence-corrected chi connectivity index (χ0v) is 14.0. The number of nitrogens with one attached hydrogen (secondary N) is 1. The van der Waals surface area contributed by atoms with Gasteiger partial charge < -0.3 is 10.1 Å². The molecule has 5 nitrogen and oxygen atoms in total. The van der Waals surface area contributed by atoms with Gasteiger partial charge in [-0.15, -0.1) is 0 Å². The number of hydrogen-bond donors (Lipinski definition) is 1. The standard InChI is InChI=1S/C20H21N3O2/c24-19(21-13-16-9-6-12-25-16)14-23-18-11-5-4-10-17(18)20(22-23)15-7-2-1-3-8-15/h1-5,7-8,10-11,16H,6,9,12-14H2,(H,21,24). The van der Waals surface area contributed by atoms with Gasteiger partial charge in [-0.25, -0.2) is 0 Å². The van der Waals surface area contributed by atoms with E-state index in [0.717, 1.165) is 41.6 Å². The molecule has 1 unspecified atom stereocenters. The van der Waals surface area contributed by atoms with Crippen LogP contribution in [0.25, 0.3) is 22.2 Å². The summed E-state index contributed by atoms with van der Waals surface area (Å²) < 4.78 is 7.33. The Kier molecular flexibility index (Phi) is 4.48. The first-order chi connectivity index (χ1) is 12.3. The summed E-state index contributed by atoms with van der Waals surface area (Å²) in [5.41, 5.74) is 2.92. The number of fused-ring (bicyclic) bond motifs is 1. The van der Waals surface area contributed by atoms with E-state index in [-0.39, 0.29) is 18.6 Å². The van der Waals surface area contributed by atoms with Crippen molar-refractivity contribution in [3.8, 4) is 11.3 Å². The molecule has 5 heteroatoms. The fourth-order valence-electron chi connectivity index (χ4n) is 3.28. The number of amides is 1. The zero-order chi connectivity index (χ0) is 17.1. The van der Waals surface area contributed by atoms with Gasteiger partial charge in [0.25, 0.3) is 0 Å². The minimum Gasteiger partial charge on any atom is -0.376 e. The molecule has 0 bridgehead atoms. The number of rotatable bonds is 5. The van der Waals surface area contributed by atoms with Crippen molar-refractivity contribution in [3.63, 3.8) is 0 Å². The summed E-state index contributed by atoms with van der Waals surface area (Å²) in [6, 6.07) is 18.1. The van der Waals surface area contributed by atoms with E-state index in [4.69, 9.17) is 9.84 Å². The average molecular weight is 335 g/mol. The largest absolute Gasteiger partial charge is 0.376 e. The van der Waals surface area contributed by atoms with Crippen LogP contribution in [0.4, 0.5) is 0 Å². The maximum atomic E-state index is 12.3. The van der Waals surface area contributed by atoms with E-state index in [1.54, 1.807) is 4.68 Å². The highest BCUT2D eigenvalue weighted by Crippen LogP contribution is 2.27. The van der Waals surface area contributed by atoms with Gasteiger partial charge >= 0.3 is 0 Å². The second kappa shape index (κ2) is 7.07. The molecule has 128 valence electrons. The van der Waals surface area contributed by atoms with Crippen molar-refractivity contribution in [3.05, 3.63) is 54.6 Å². The van der Waals surface area contributed by atoms with Crippen LogP contribution in [-0.4, -0.2) is 34.9 Å². The highest BCUT2D eigenvalue weighted by molar-refractivity contribution is 5.94. The van der Waals surface area contributed by atoms with Crippen LogP contribution in [0.15, 0.2) is 54.6 Å². The molecule has 4 rings (SSSR count). The number of nitrogens with zero attached hydrogens (tertiary/aromatic N) is 2. The molecule has 1 aliphatic rings. The molecular weight excluding hydrogens is 314 g/mol. The summed E-state index contributed by atoms with van der Waals surface area (Å²) in [7, 11) is 0. The first kappa shape index (κ1) is 15.8. The van der Waals surface area contributed by atoms with Crippen molar-refractivity contribution >= 4 is 16.8 Å². The topological polar surface area (TPSA) is 56.2 Å². The monoisotopic (exact) mass is 335 g/mol. The van der Waals surface area contributed by atoms with Crippen LogP contribution in [0.3, 0.4) is 0 Å². The maximum Gasteiger partial charge on any atom is 0.241 e. The molecular formula is C20H21N3O2. The number of hydrogen-bond acceptors (Lipinski definition) is 3. The smallest absolute Gasteiger partial charge is 0.241 e. The predicted octanol–water partition coefficient (Wildman–Crippen LogP) is 3.00. The van der Waals surface area contributed by atoms with E-state index >= 15 is 0 Å². The average Bonchev–Trinajstić information content (AvgIpc) is 3.29. The van der Waals surface area contributed by atoms with Gasteiger partial charge in [0.2, 0.25) is 5.91 Å². The molecule has 1 aromatic heterocycles. The lowest BCUT2D eigenvalue weighted by molar-refractivity contribution is -0.122. The van der Waals surface area contributed by atoms with Gasteiger partial charge in [-0.2, -0.15) is 5.10 Å². The molecule has 1 atom stereocenters. The predicted molar refractivity (Wildman–Crippen MR) is 97.2 cm³/mol. The van der Waals surface area contributed by atoms with E-state index < -0.39 is 0 Å². The Morgan fingerprint density at radius 3 is 2.76 bits per heavy atom. The molecule has 3 aromatic rings. The summed E-state index contributed by atoms with van der Waals surface area (Å²) in [5.74, 6) is -0.0386. The van der Waals surface area contributed by atoms with Gasteiger partial charge in [0.05, 0.1) is 11.6 Å².